The van der Waals surface area contributed by atoms with Crippen molar-refractivity contribution in [2.24, 2.45) is 0 Å². The SMILES string of the molecule is O=S(=O)(O)c1cccc2ccccc12.O=S(=O)(O)c1cccc2ccccc12.[Na].[Na]. The number of hydrogen-bond acceptors (Lipinski definition) is 4. The van der Waals surface area contributed by atoms with E-state index in [1.165, 1.54) is 12.1 Å². The van der Waals surface area contributed by atoms with Gasteiger partial charge in [0.2, 0.25) is 0 Å². The van der Waals surface area contributed by atoms with Gasteiger partial charge in [-0.2, -0.15) is 16.8 Å². The van der Waals surface area contributed by atoms with E-state index in [0.29, 0.717) is 10.8 Å². The fraction of sp³-hybridized carbons (Fsp3) is 0. The topological polar surface area (TPSA) is 109 Å². The van der Waals surface area contributed by atoms with Gasteiger partial charge in [-0.15, -0.1) is 0 Å². The van der Waals surface area contributed by atoms with Crippen LogP contribution in [0.5, 0.6) is 0 Å². The van der Waals surface area contributed by atoms with Crippen LogP contribution in [-0.2, 0) is 20.2 Å². The number of fused-ring (bicyclic) bond motifs is 2. The molecule has 0 aliphatic heterocycles. The molecule has 0 aliphatic rings. The van der Waals surface area contributed by atoms with Crippen molar-refractivity contribution >= 4 is 101 Å². The standard InChI is InChI=1S/2C10H8O3S.2Na/c2*11-14(12,13)10-7-3-5-8-4-1-2-6-9(8)10;;/h2*1-7H,(H,11,12,13);;. The number of rotatable bonds is 2. The minimum Gasteiger partial charge on any atom is -0.282 e. The van der Waals surface area contributed by atoms with E-state index in [9.17, 15) is 16.8 Å². The second-order valence-corrected chi connectivity index (χ2v) is 8.68. The molecule has 6 nitrogen and oxygen atoms in total. The van der Waals surface area contributed by atoms with Crippen LogP contribution in [0.3, 0.4) is 0 Å². The molecule has 0 aromatic heterocycles. The summed E-state index contributed by atoms with van der Waals surface area (Å²) in [6.07, 6.45) is 0. The number of hydrogen-bond donors (Lipinski definition) is 2. The summed E-state index contributed by atoms with van der Waals surface area (Å²) in [5.41, 5.74) is 0. The van der Waals surface area contributed by atoms with Gasteiger partial charge in [0, 0.05) is 69.9 Å². The van der Waals surface area contributed by atoms with Gasteiger partial charge in [-0.05, 0) is 22.9 Å². The molecule has 2 N–H and O–H groups in total. The van der Waals surface area contributed by atoms with Crippen LogP contribution in [0.1, 0.15) is 0 Å². The van der Waals surface area contributed by atoms with Gasteiger partial charge in [0.1, 0.15) is 9.79 Å². The van der Waals surface area contributed by atoms with Crippen LogP contribution in [-0.4, -0.2) is 85.1 Å². The van der Waals surface area contributed by atoms with Crippen molar-refractivity contribution < 1.29 is 25.9 Å². The monoisotopic (exact) mass is 462 g/mol. The molecule has 2 radical (unpaired) electrons. The first kappa shape index (κ1) is 27.3. The zero-order valence-electron chi connectivity index (χ0n) is 16.4. The molecule has 4 aromatic rings. The summed E-state index contributed by atoms with van der Waals surface area (Å²) in [5, 5.41) is 2.67. The zero-order valence-corrected chi connectivity index (χ0v) is 22.1. The van der Waals surface area contributed by atoms with Gasteiger partial charge in [0.05, 0.1) is 0 Å². The summed E-state index contributed by atoms with van der Waals surface area (Å²) >= 11 is 0. The molecule has 30 heavy (non-hydrogen) atoms. The van der Waals surface area contributed by atoms with Gasteiger partial charge in [-0.3, -0.25) is 9.11 Å². The van der Waals surface area contributed by atoms with Gasteiger partial charge in [-0.25, -0.2) is 0 Å². The molecule has 4 rings (SSSR count). The van der Waals surface area contributed by atoms with Crippen molar-refractivity contribution in [1.29, 1.82) is 0 Å². The van der Waals surface area contributed by atoms with Crippen LogP contribution >= 0.6 is 0 Å². The van der Waals surface area contributed by atoms with Crippen molar-refractivity contribution in [3.05, 3.63) is 84.9 Å². The van der Waals surface area contributed by atoms with E-state index in [2.05, 4.69) is 0 Å². The van der Waals surface area contributed by atoms with Crippen LogP contribution in [0.25, 0.3) is 21.5 Å². The summed E-state index contributed by atoms with van der Waals surface area (Å²) in [6.45, 7) is 0. The minimum atomic E-state index is -4.13. The molecule has 0 saturated heterocycles. The van der Waals surface area contributed by atoms with Crippen molar-refractivity contribution in [3.63, 3.8) is 0 Å². The van der Waals surface area contributed by atoms with Crippen molar-refractivity contribution in [2.45, 2.75) is 9.79 Å². The first-order valence-electron chi connectivity index (χ1n) is 8.08. The molecule has 10 heteroatoms. The van der Waals surface area contributed by atoms with E-state index in [4.69, 9.17) is 9.11 Å². The van der Waals surface area contributed by atoms with Crippen molar-refractivity contribution in [3.8, 4) is 0 Å². The summed E-state index contributed by atoms with van der Waals surface area (Å²) in [7, 11) is -8.26. The van der Waals surface area contributed by atoms with Gasteiger partial charge in [-0.1, -0.05) is 72.8 Å². The van der Waals surface area contributed by atoms with E-state index in [-0.39, 0.29) is 68.9 Å². The Morgan fingerprint density at radius 3 is 1.10 bits per heavy atom. The summed E-state index contributed by atoms with van der Waals surface area (Å²) in [4.78, 5) is -0.0915. The fourth-order valence-corrected chi connectivity index (χ4v) is 4.27. The van der Waals surface area contributed by atoms with Crippen LogP contribution in [0, 0.1) is 0 Å². The van der Waals surface area contributed by atoms with E-state index < -0.39 is 20.2 Å². The second kappa shape index (κ2) is 11.2. The Labute approximate surface area is 219 Å². The van der Waals surface area contributed by atoms with Crippen LogP contribution in [0.4, 0.5) is 0 Å². The Kier molecular flexibility index (Phi) is 10.2. The average Bonchev–Trinajstić information content (AvgIpc) is 2.66. The van der Waals surface area contributed by atoms with Crippen LogP contribution < -0.4 is 0 Å². The Morgan fingerprint density at radius 2 is 0.767 bits per heavy atom. The first-order valence-corrected chi connectivity index (χ1v) is 11.0. The molecule has 0 unspecified atom stereocenters. The largest absolute Gasteiger partial charge is 0.295 e. The molecular weight excluding hydrogens is 446 g/mol. The third-order valence-electron chi connectivity index (χ3n) is 4.06. The molecule has 146 valence electrons. The average molecular weight is 462 g/mol. The molecule has 0 atom stereocenters. The maximum absolute atomic E-state index is 11.0. The Morgan fingerprint density at radius 1 is 0.467 bits per heavy atom. The van der Waals surface area contributed by atoms with Gasteiger partial charge >= 0.3 is 0 Å². The quantitative estimate of drug-likeness (QED) is 0.349. The normalized spacial score (nSPS) is 11.0. The summed E-state index contributed by atoms with van der Waals surface area (Å²) in [5.74, 6) is 0. The smallest absolute Gasteiger partial charge is 0.282 e. The third-order valence-corrected chi connectivity index (χ3v) is 5.88. The molecule has 4 aromatic carbocycles. The van der Waals surface area contributed by atoms with Crippen molar-refractivity contribution in [2.75, 3.05) is 0 Å². The Balaban J connectivity index is 0.000000281. The third kappa shape index (κ3) is 6.61. The van der Waals surface area contributed by atoms with Crippen LogP contribution in [0.15, 0.2) is 94.7 Å². The molecule has 0 amide bonds. The summed E-state index contributed by atoms with van der Waals surface area (Å²) in [6, 6.07) is 23.6. The number of benzene rings is 4. The Bertz CT molecular complexity index is 1250. The van der Waals surface area contributed by atoms with E-state index >= 15 is 0 Å². The molecule has 0 spiro atoms. The fourth-order valence-electron chi connectivity index (χ4n) is 2.84. The minimum absolute atomic E-state index is 0. The zero-order chi connectivity index (χ0) is 20.4. The van der Waals surface area contributed by atoms with Crippen LogP contribution in [0.2, 0.25) is 0 Å². The predicted molar refractivity (Wildman–Crippen MR) is 119 cm³/mol. The molecule has 0 saturated carbocycles. The molecule has 0 fully saturated rings. The Hall–Kier alpha value is -0.780. The maximum Gasteiger partial charge on any atom is 0.295 e. The molecule has 0 heterocycles. The molecule has 0 bridgehead atoms. The van der Waals surface area contributed by atoms with Gasteiger partial charge in [0.25, 0.3) is 20.2 Å². The summed E-state index contributed by atoms with van der Waals surface area (Å²) < 4.78 is 61.9. The maximum atomic E-state index is 11.0. The molecule has 0 aliphatic carbocycles. The predicted octanol–water partition coefficient (Wildman–Crippen LogP) is 3.41. The van der Waals surface area contributed by atoms with E-state index in [1.54, 1.807) is 60.7 Å². The van der Waals surface area contributed by atoms with E-state index in [0.717, 1.165) is 10.8 Å². The van der Waals surface area contributed by atoms with E-state index in [1.807, 2.05) is 12.1 Å². The molecular formula is C20H16Na2O6S2. The van der Waals surface area contributed by atoms with Gasteiger partial charge in [0.15, 0.2) is 0 Å². The van der Waals surface area contributed by atoms with Gasteiger partial charge < -0.3 is 0 Å². The second-order valence-electron chi connectivity index (χ2n) is 5.90. The first-order chi connectivity index (χ1) is 13.2. The van der Waals surface area contributed by atoms with Crippen molar-refractivity contribution in [1.82, 2.24) is 0 Å².